The first kappa shape index (κ1) is 15.1. The third kappa shape index (κ3) is 2.85. The summed E-state index contributed by atoms with van der Waals surface area (Å²) in [6.07, 6.45) is 1.81. The molecule has 0 unspecified atom stereocenters. The van der Waals surface area contributed by atoms with Gasteiger partial charge in [0.1, 0.15) is 11.6 Å². The van der Waals surface area contributed by atoms with Crippen LogP contribution in [0.2, 0.25) is 0 Å². The monoisotopic (exact) mass is 327 g/mol. The fraction of sp³-hybridized carbons (Fsp3) is 0.333. The van der Waals surface area contributed by atoms with E-state index in [1.807, 2.05) is 24.4 Å². The van der Waals surface area contributed by atoms with Gasteiger partial charge in [-0.1, -0.05) is 6.07 Å². The van der Waals surface area contributed by atoms with Crippen LogP contribution in [0.4, 0.5) is 10.2 Å². The van der Waals surface area contributed by atoms with Gasteiger partial charge in [-0.25, -0.2) is 9.37 Å². The lowest BCUT2D eigenvalue weighted by atomic mass is 10.0. The molecular formula is C18H18FN3O2. The van der Waals surface area contributed by atoms with E-state index in [1.54, 1.807) is 6.07 Å². The number of ether oxygens (including phenoxy) is 2. The fourth-order valence-corrected chi connectivity index (χ4v) is 3.09. The number of rotatable bonds is 4. The van der Waals surface area contributed by atoms with E-state index in [0.29, 0.717) is 12.3 Å². The van der Waals surface area contributed by atoms with E-state index in [0.717, 1.165) is 54.5 Å². The Morgan fingerprint density at radius 1 is 1.17 bits per heavy atom. The SMILES string of the molecule is FCOc1ccc2c(c1)C(c1ccnc(N3CCOCC3)c1)=NC2. The van der Waals surface area contributed by atoms with Crippen molar-refractivity contribution in [3.05, 3.63) is 53.2 Å². The second kappa shape index (κ2) is 6.57. The number of hydrogen-bond donors (Lipinski definition) is 0. The highest BCUT2D eigenvalue weighted by molar-refractivity contribution is 6.15. The fourth-order valence-electron chi connectivity index (χ4n) is 3.09. The van der Waals surface area contributed by atoms with Crippen LogP contribution in [0.15, 0.2) is 41.5 Å². The number of aromatic nitrogens is 1. The van der Waals surface area contributed by atoms with Gasteiger partial charge in [0.15, 0.2) is 0 Å². The number of aliphatic imine (C=N–C) groups is 1. The van der Waals surface area contributed by atoms with Crippen LogP contribution in [-0.2, 0) is 11.3 Å². The van der Waals surface area contributed by atoms with Crippen molar-refractivity contribution in [1.29, 1.82) is 0 Å². The van der Waals surface area contributed by atoms with Crippen LogP contribution in [-0.4, -0.2) is 43.9 Å². The van der Waals surface area contributed by atoms with E-state index in [1.165, 1.54) is 0 Å². The van der Waals surface area contributed by atoms with Gasteiger partial charge in [0.2, 0.25) is 6.86 Å². The molecule has 4 rings (SSSR count). The van der Waals surface area contributed by atoms with E-state index in [-0.39, 0.29) is 0 Å². The minimum atomic E-state index is -0.832. The summed E-state index contributed by atoms with van der Waals surface area (Å²) in [5, 5.41) is 0. The first-order valence-electron chi connectivity index (χ1n) is 8.01. The molecule has 0 spiro atoms. The highest BCUT2D eigenvalue weighted by Crippen LogP contribution is 2.28. The van der Waals surface area contributed by atoms with Gasteiger partial charge < -0.3 is 14.4 Å². The summed E-state index contributed by atoms with van der Waals surface area (Å²) in [7, 11) is 0. The molecule has 0 aliphatic carbocycles. The Kier molecular flexibility index (Phi) is 4.13. The lowest BCUT2D eigenvalue weighted by Gasteiger charge is -2.28. The van der Waals surface area contributed by atoms with Gasteiger partial charge in [-0.15, -0.1) is 0 Å². The molecule has 24 heavy (non-hydrogen) atoms. The van der Waals surface area contributed by atoms with Crippen molar-refractivity contribution < 1.29 is 13.9 Å². The molecule has 0 atom stereocenters. The number of alkyl halides is 1. The van der Waals surface area contributed by atoms with Crippen molar-refractivity contribution in [2.75, 3.05) is 38.1 Å². The largest absolute Gasteiger partial charge is 0.463 e. The maximum atomic E-state index is 12.4. The van der Waals surface area contributed by atoms with Gasteiger partial charge in [0.05, 0.1) is 25.5 Å². The molecule has 1 saturated heterocycles. The number of benzene rings is 1. The molecule has 2 aliphatic rings. The maximum Gasteiger partial charge on any atom is 0.228 e. The molecule has 0 saturated carbocycles. The van der Waals surface area contributed by atoms with E-state index in [4.69, 9.17) is 9.47 Å². The predicted octanol–water partition coefficient (Wildman–Crippen LogP) is 2.58. The third-order valence-corrected chi connectivity index (χ3v) is 4.32. The second-order valence-electron chi connectivity index (χ2n) is 5.74. The molecule has 5 nitrogen and oxygen atoms in total. The van der Waals surface area contributed by atoms with Crippen molar-refractivity contribution >= 4 is 11.5 Å². The summed E-state index contributed by atoms with van der Waals surface area (Å²) >= 11 is 0. The summed E-state index contributed by atoms with van der Waals surface area (Å²) in [5.41, 5.74) is 4.05. The van der Waals surface area contributed by atoms with Gasteiger partial charge in [-0.2, -0.15) is 0 Å². The quantitative estimate of drug-likeness (QED) is 0.866. The van der Waals surface area contributed by atoms with E-state index in [2.05, 4.69) is 20.9 Å². The Labute approximate surface area is 139 Å². The Morgan fingerprint density at radius 2 is 2.04 bits per heavy atom. The van der Waals surface area contributed by atoms with Crippen molar-refractivity contribution in [3.63, 3.8) is 0 Å². The van der Waals surface area contributed by atoms with Crippen LogP contribution in [0.25, 0.3) is 0 Å². The Balaban J connectivity index is 1.65. The normalized spacial score (nSPS) is 16.7. The summed E-state index contributed by atoms with van der Waals surface area (Å²) in [4.78, 5) is 11.4. The van der Waals surface area contributed by atoms with Crippen LogP contribution in [0.5, 0.6) is 5.75 Å². The molecule has 0 bridgehead atoms. The van der Waals surface area contributed by atoms with Crippen LogP contribution >= 0.6 is 0 Å². The first-order valence-corrected chi connectivity index (χ1v) is 8.01. The molecule has 1 fully saturated rings. The van der Waals surface area contributed by atoms with Crippen LogP contribution in [0.3, 0.4) is 0 Å². The number of pyridine rings is 1. The molecule has 0 amide bonds. The van der Waals surface area contributed by atoms with Crippen LogP contribution < -0.4 is 9.64 Å². The van der Waals surface area contributed by atoms with Gasteiger partial charge in [-0.3, -0.25) is 4.99 Å². The molecule has 1 aromatic carbocycles. The molecule has 6 heteroatoms. The highest BCUT2D eigenvalue weighted by Gasteiger charge is 2.20. The lowest BCUT2D eigenvalue weighted by Crippen LogP contribution is -2.36. The smallest absolute Gasteiger partial charge is 0.228 e. The highest BCUT2D eigenvalue weighted by atomic mass is 19.1. The predicted molar refractivity (Wildman–Crippen MR) is 89.7 cm³/mol. The molecule has 2 aliphatic heterocycles. The van der Waals surface area contributed by atoms with Crippen LogP contribution in [0.1, 0.15) is 16.7 Å². The number of hydrogen-bond acceptors (Lipinski definition) is 5. The Morgan fingerprint density at radius 3 is 2.88 bits per heavy atom. The first-order chi connectivity index (χ1) is 11.8. The summed E-state index contributed by atoms with van der Waals surface area (Å²) in [6, 6.07) is 9.60. The summed E-state index contributed by atoms with van der Waals surface area (Å²) < 4.78 is 22.8. The van der Waals surface area contributed by atoms with Crippen molar-refractivity contribution in [3.8, 4) is 5.75 Å². The van der Waals surface area contributed by atoms with Gasteiger partial charge >= 0.3 is 0 Å². The maximum absolute atomic E-state index is 12.4. The molecule has 124 valence electrons. The molecule has 0 radical (unpaired) electrons. The average Bonchev–Trinajstić information content (AvgIpc) is 3.06. The minimum Gasteiger partial charge on any atom is -0.463 e. The summed E-state index contributed by atoms with van der Waals surface area (Å²) in [5.74, 6) is 1.46. The molecule has 0 N–H and O–H groups in total. The Bertz CT molecular complexity index is 773. The number of anilines is 1. The molecule has 3 heterocycles. The van der Waals surface area contributed by atoms with Crippen molar-refractivity contribution in [2.45, 2.75) is 6.54 Å². The Hall–Kier alpha value is -2.47. The number of fused-ring (bicyclic) bond motifs is 1. The molecule has 1 aromatic heterocycles. The standard InChI is InChI=1S/C18H18FN3O2/c19-12-24-15-2-1-14-11-21-18(16(14)10-15)13-3-4-20-17(9-13)22-5-7-23-8-6-22/h1-4,9-10H,5-8,11-12H2. The average molecular weight is 327 g/mol. The molecule has 2 aromatic rings. The van der Waals surface area contributed by atoms with Crippen LogP contribution in [0, 0.1) is 0 Å². The molecular weight excluding hydrogens is 309 g/mol. The van der Waals surface area contributed by atoms with E-state index < -0.39 is 6.86 Å². The zero-order valence-electron chi connectivity index (χ0n) is 13.2. The zero-order valence-corrected chi connectivity index (χ0v) is 13.2. The lowest BCUT2D eigenvalue weighted by molar-refractivity contribution is 0.122. The minimum absolute atomic E-state index is 0.522. The van der Waals surface area contributed by atoms with Crippen molar-refractivity contribution in [1.82, 2.24) is 4.98 Å². The number of nitrogens with zero attached hydrogens (tertiary/aromatic N) is 3. The summed E-state index contributed by atoms with van der Waals surface area (Å²) in [6.45, 7) is 2.93. The van der Waals surface area contributed by atoms with Crippen molar-refractivity contribution in [2.24, 2.45) is 4.99 Å². The third-order valence-electron chi connectivity index (χ3n) is 4.32. The number of morpholine rings is 1. The van der Waals surface area contributed by atoms with Gasteiger partial charge in [-0.05, 0) is 29.8 Å². The topological polar surface area (TPSA) is 47.0 Å². The van der Waals surface area contributed by atoms with E-state index >= 15 is 0 Å². The van der Waals surface area contributed by atoms with E-state index in [9.17, 15) is 4.39 Å². The zero-order chi connectivity index (χ0) is 16.4. The second-order valence-corrected chi connectivity index (χ2v) is 5.74. The number of halogens is 1. The van der Waals surface area contributed by atoms with Gasteiger partial charge in [0.25, 0.3) is 0 Å². The van der Waals surface area contributed by atoms with Gasteiger partial charge in [0, 0.05) is 30.4 Å².